The molecule has 6 nitrogen and oxygen atoms in total. The molecule has 1 fully saturated rings. The number of aryl methyl sites for hydroxylation is 1. The summed E-state index contributed by atoms with van der Waals surface area (Å²) in [6.07, 6.45) is 3.79. The van der Waals surface area contributed by atoms with E-state index in [9.17, 15) is 4.79 Å². The van der Waals surface area contributed by atoms with Crippen molar-refractivity contribution in [2.45, 2.75) is 31.8 Å². The van der Waals surface area contributed by atoms with E-state index in [0.717, 1.165) is 37.2 Å². The van der Waals surface area contributed by atoms with Crippen LogP contribution in [0.1, 0.15) is 25.3 Å². The number of carbonyl (C=O) groups is 1. The lowest BCUT2D eigenvalue weighted by Gasteiger charge is -2.30. The first-order chi connectivity index (χ1) is 13.6. The second-order valence-corrected chi connectivity index (χ2v) is 8.20. The predicted octanol–water partition coefficient (Wildman–Crippen LogP) is 4.19. The zero-order chi connectivity index (χ0) is 19.5. The van der Waals surface area contributed by atoms with Gasteiger partial charge in [-0.3, -0.25) is 9.36 Å². The van der Waals surface area contributed by atoms with Gasteiger partial charge >= 0.3 is 0 Å². The molecule has 1 aliphatic rings. The number of aromatic nitrogens is 3. The molecule has 1 amide bonds. The van der Waals surface area contributed by atoms with Crippen molar-refractivity contribution in [3.8, 4) is 17.3 Å². The predicted molar refractivity (Wildman–Crippen MR) is 110 cm³/mol. The number of nitrogens with zero attached hydrogens (tertiary/aromatic N) is 4. The maximum Gasteiger partial charge on any atom is 0.233 e. The number of amides is 1. The largest absolute Gasteiger partial charge is 0.461 e. The number of furan rings is 1. The van der Waals surface area contributed by atoms with Gasteiger partial charge in [0.15, 0.2) is 10.9 Å². The van der Waals surface area contributed by atoms with Crippen LogP contribution >= 0.6 is 11.8 Å². The number of benzene rings is 1. The summed E-state index contributed by atoms with van der Waals surface area (Å²) < 4.78 is 7.53. The Bertz CT molecular complexity index is 943. The van der Waals surface area contributed by atoms with Crippen molar-refractivity contribution < 1.29 is 9.21 Å². The third-order valence-corrected chi connectivity index (χ3v) is 6.11. The number of rotatable bonds is 5. The maximum atomic E-state index is 12.7. The van der Waals surface area contributed by atoms with E-state index < -0.39 is 0 Å². The lowest BCUT2D eigenvalue weighted by atomic mass is 9.99. The highest BCUT2D eigenvalue weighted by atomic mass is 32.2. The molecule has 1 saturated heterocycles. The summed E-state index contributed by atoms with van der Waals surface area (Å²) in [5.74, 6) is 2.52. The normalized spacial score (nSPS) is 15.1. The molecule has 0 bridgehead atoms. The van der Waals surface area contributed by atoms with Crippen LogP contribution in [0.3, 0.4) is 0 Å². The van der Waals surface area contributed by atoms with E-state index in [0.29, 0.717) is 28.4 Å². The van der Waals surface area contributed by atoms with Crippen LogP contribution in [-0.4, -0.2) is 44.4 Å². The van der Waals surface area contributed by atoms with Gasteiger partial charge in [-0.15, -0.1) is 10.2 Å². The Morgan fingerprint density at radius 3 is 2.68 bits per heavy atom. The molecule has 4 rings (SSSR count). The first-order valence-electron chi connectivity index (χ1n) is 9.59. The monoisotopic (exact) mass is 396 g/mol. The highest BCUT2D eigenvalue weighted by Gasteiger charge is 2.23. The Labute approximate surface area is 168 Å². The van der Waals surface area contributed by atoms with Crippen molar-refractivity contribution in [1.82, 2.24) is 19.7 Å². The molecular formula is C21H24N4O2S. The quantitative estimate of drug-likeness (QED) is 0.605. The van der Waals surface area contributed by atoms with Gasteiger partial charge in [0.2, 0.25) is 11.7 Å². The molecule has 146 valence electrons. The Morgan fingerprint density at radius 1 is 1.18 bits per heavy atom. The van der Waals surface area contributed by atoms with Crippen molar-refractivity contribution in [2.24, 2.45) is 5.92 Å². The zero-order valence-corrected chi connectivity index (χ0v) is 17.0. The summed E-state index contributed by atoms with van der Waals surface area (Å²) in [6, 6.07) is 11.8. The molecule has 0 spiro atoms. The van der Waals surface area contributed by atoms with Gasteiger partial charge in [-0.25, -0.2) is 0 Å². The van der Waals surface area contributed by atoms with E-state index in [-0.39, 0.29) is 5.91 Å². The fourth-order valence-corrected chi connectivity index (χ4v) is 4.28. The van der Waals surface area contributed by atoms with E-state index >= 15 is 0 Å². The van der Waals surface area contributed by atoms with Gasteiger partial charge in [-0.1, -0.05) is 36.9 Å². The Kier molecular flexibility index (Phi) is 5.52. The van der Waals surface area contributed by atoms with Gasteiger partial charge in [-0.2, -0.15) is 0 Å². The van der Waals surface area contributed by atoms with Gasteiger partial charge in [-0.05, 0) is 49.4 Å². The fraction of sp³-hybridized carbons (Fsp3) is 0.381. The second-order valence-electron chi connectivity index (χ2n) is 7.26. The number of piperidine rings is 1. The van der Waals surface area contributed by atoms with Crippen LogP contribution in [0.5, 0.6) is 0 Å². The molecule has 0 atom stereocenters. The summed E-state index contributed by atoms with van der Waals surface area (Å²) >= 11 is 1.43. The summed E-state index contributed by atoms with van der Waals surface area (Å²) in [7, 11) is 0. The van der Waals surface area contributed by atoms with Crippen LogP contribution in [0.25, 0.3) is 17.3 Å². The highest BCUT2D eigenvalue weighted by molar-refractivity contribution is 7.99. The summed E-state index contributed by atoms with van der Waals surface area (Å²) in [5.41, 5.74) is 2.09. The second kappa shape index (κ2) is 8.22. The smallest absolute Gasteiger partial charge is 0.233 e. The molecular weight excluding hydrogens is 372 g/mol. The molecule has 3 aromatic rings. The first kappa shape index (κ1) is 18.8. The first-order valence-corrected chi connectivity index (χ1v) is 10.6. The molecule has 1 aromatic carbocycles. The molecule has 2 aromatic heterocycles. The summed E-state index contributed by atoms with van der Waals surface area (Å²) in [5, 5.41) is 9.41. The average Bonchev–Trinajstić information content (AvgIpc) is 3.37. The van der Waals surface area contributed by atoms with Crippen LogP contribution < -0.4 is 0 Å². The zero-order valence-electron chi connectivity index (χ0n) is 16.2. The number of thioether (sulfide) groups is 1. The molecule has 3 heterocycles. The molecule has 0 aliphatic carbocycles. The van der Waals surface area contributed by atoms with Crippen LogP contribution in [0.4, 0.5) is 0 Å². The number of hydrogen-bond donors (Lipinski definition) is 0. The number of para-hydroxylation sites is 1. The van der Waals surface area contributed by atoms with E-state index in [2.05, 4.69) is 30.1 Å². The summed E-state index contributed by atoms with van der Waals surface area (Å²) in [6.45, 7) is 6.00. The molecule has 28 heavy (non-hydrogen) atoms. The third kappa shape index (κ3) is 3.85. The van der Waals surface area contributed by atoms with E-state index in [1.54, 1.807) is 6.26 Å². The molecule has 0 N–H and O–H groups in total. The van der Waals surface area contributed by atoms with Crippen LogP contribution in [0.2, 0.25) is 0 Å². The lowest BCUT2D eigenvalue weighted by Crippen LogP contribution is -2.38. The average molecular weight is 397 g/mol. The minimum atomic E-state index is 0.163. The number of carbonyl (C=O) groups excluding carboxylic acids is 1. The molecule has 7 heteroatoms. The van der Waals surface area contributed by atoms with E-state index in [4.69, 9.17) is 4.42 Å². The minimum Gasteiger partial charge on any atom is -0.461 e. The van der Waals surface area contributed by atoms with Crippen LogP contribution in [0, 0.1) is 12.8 Å². The minimum absolute atomic E-state index is 0.163. The molecule has 0 radical (unpaired) electrons. The van der Waals surface area contributed by atoms with Gasteiger partial charge < -0.3 is 9.32 Å². The maximum absolute atomic E-state index is 12.7. The van der Waals surface area contributed by atoms with Crippen molar-refractivity contribution in [3.05, 3.63) is 48.2 Å². The number of likely N-dealkylation sites (tertiary alicyclic amines) is 1. The van der Waals surface area contributed by atoms with Gasteiger partial charge in [0, 0.05) is 13.1 Å². The topological polar surface area (TPSA) is 64.2 Å². The summed E-state index contributed by atoms with van der Waals surface area (Å²) in [4.78, 5) is 14.6. The van der Waals surface area contributed by atoms with E-state index in [1.807, 2.05) is 39.8 Å². The molecule has 1 aliphatic heterocycles. The van der Waals surface area contributed by atoms with Crippen molar-refractivity contribution in [3.63, 3.8) is 0 Å². The number of hydrogen-bond acceptors (Lipinski definition) is 5. The Balaban J connectivity index is 1.59. The van der Waals surface area contributed by atoms with Crippen LogP contribution in [0.15, 0.2) is 52.2 Å². The standard InChI is InChI=1S/C21H24N4O2S/c1-15-9-11-24(12-10-15)19(26)14-28-21-23-22-20(18-8-5-13-27-18)25(21)17-7-4-3-6-16(17)2/h3-8,13,15H,9-12,14H2,1-2H3. The van der Waals surface area contributed by atoms with E-state index in [1.165, 1.54) is 11.8 Å². The Hall–Kier alpha value is -2.54. The Morgan fingerprint density at radius 2 is 1.96 bits per heavy atom. The van der Waals surface area contributed by atoms with Gasteiger partial charge in [0.25, 0.3) is 0 Å². The van der Waals surface area contributed by atoms with Crippen molar-refractivity contribution >= 4 is 17.7 Å². The molecule has 0 unspecified atom stereocenters. The molecule has 0 saturated carbocycles. The van der Waals surface area contributed by atoms with Gasteiger partial charge in [0.05, 0.1) is 17.7 Å². The van der Waals surface area contributed by atoms with Crippen LogP contribution in [-0.2, 0) is 4.79 Å². The van der Waals surface area contributed by atoms with Crippen molar-refractivity contribution in [2.75, 3.05) is 18.8 Å². The highest BCUT2D eigenvalue weighted by Crippen LogP contribution is 2.30. The third-order valence-electron chi connectivity index (χ3n) is 5.19. The van der Waals surface area contributed by atoms with Crippen molar-refractivity contribution in [1.29, 1.82) is 0 Å². The fourth-order valence-electron chi connectivity index (χ4n) is 3.44. The lowest BCUT2D eigenvalue weighted by molar-refractivity contribution is -0.129. The SMILES string of the molecule is Cc1ccccc1-n1c(SCC(=O)N2CCC(C)CC2)nnc1-c1ccco1. The van der Waals surface area contributed by atoms with Gasteiger partial charge in [0.1, 0.15) is 0 Å².